The summed E-state index contributed by atoms with van der Waals surface area (Å²) in [6.45, 7) is 6.75. The number of nitrogens with zero attached hydrogens (tertiary/aromatic N) is 2. The second-order valence-electron chi connectivity index (χ2n) is 4.43. The number of hydrogen-bond acceptors (Lipinski definition) is 4. The zero-order chi connectivity index (χ0) is 13.4. The van der Waals surface area contributed by atoms with Crippen LogP contribution in [0.4, 0.5) is 11.5 Å². The standard InChI is InChI=1S/C13H26N4O/c1-4-6-9-18-10-7-8-15-13-12(14)11(5-2)16-17(13)3/h15H,4-10,14H2,1-3H3. The fraction of sp³-hybridized carbons (Fsp3) is 0.769. The quantitative estimate of drug-likeness (QED) is 0.663. The van der Waals surface area contributed by atoms with E-state index in [2.05, 4.69) is 24.3 Å². The Morgan fingerprint density at radius 2 is 2.00 bits per heavy atom. The van der Waals surface area contributed by atoms with Crippen molar-refractivity contribution >= 4 is 11.5 Å². The molecule has 0 aliphatic carbocycles. The summed E-state index contributed by atoms with van der Waals surface area (Å²) in [7, 11) is 1.91. The van der Waals surface area contributed by atoms with Gasteiger partial charge in [0.2, 0.25) is 0 Å². The average molecular weight is 254 g/mol. The molecule has 1 aromatic rings. The normalized spacial score (nSPS) is 10.8. The molecule has 0 radical (unpaired) electrons. The Balaban J connectivity index is 2.25. The summed E-state index contributed by atoms with van der Waals surface area (Å²) < 4.78 is 7.32. The highest BCUT2D eigenvalue weighted by molar-refractivity contribution is 5.64. The van der Waals surface area contributed by atoms with Gasteiger partial charge in [-0.25, -0.2) is 0 Å². The van der Waals surface area contributed by atoms with E-state index in [4.69, 9.17) is 10.5 Å². The molecule has 0 saturated carbocycles. The van der Waals surface area contributed by atoms with Gasteiger partial charge in [-0.1, -0.05) is 20.3 Å². The minimum Gasteiger partial charge on any atom is -0.394 e. The number of nitrogens with two attached hydrogens (primary N) is 1. The van der Waals surface area contributed by atoms with Crippen molar-refractivity contribution < 1.29 is 4.74 Å². The van der Waals surface area contributed by atoms with E-state index in [9.17, 15) is 0 Å². The van der Waals surface area contributed by atoms with Crippen molar-refractivity contribution in [3.63, 3.8) is 0 Å². The molecule has 0 saturated heterocycles. The third-order valence-electron chi connectivity index (χ3n) is 2.90. The molecular formula is C13H26N4O. The Bertz CT molecular complexity index is 349. The number of anilines is 2. The zero-order valence-corrected chi connectivity index (χ0v) is 11.8. The summed E-state index contributed by atoms with van der Waals surface area (Å²) in [5.74, 6) is 0.917. The Kier molecular flexibility index (Phi) is 6.57. The maximum absolute atomic E-state index is 6.02. The predicted molar refractivity (Wildman–Crippen MR) is 75.8 cm³/mol. The van der Waals surface area contributed by atoms with E-state index in [1.54, 1.807) is 0 Å². The minimum atomic E-state index is 0.770. The third kappa shape index (κ3) is 4.22. The second kappa shape index (κ2) is 7.97. The predicted octanol–water partition coefficient (Wildman–Crippen LogP) is 2.18. The average Bonchev–Trinajstić information content (AvgIpc) is 2.64. The molecule has 0 atom stereocenters. The number of hydrogen-bond donors (Lipinski definition) is 2. The van der Waals surface area contributed by atoms with Gasteiger partial charge in [-0.3, -0.25) is 4.68 Å². The second-order valence-corrected chi connectivity index (χ2v) is 4.43. The summed E-state index contributed by atoms with van der Waals surface area (Å²) in [5.41, 5.74) is 7.75. The van der Waals surface area contributed by atoms with Gasteiger partial charge in [0.05, 0.1) is 11.4 Å². The molecule has 0 fully saturated rings. The highest BCUT2D eigenvalue weighted by Gasteiger charge is 2.10. The number of nitrogens with one attached hydrogen (secondary N) is 1. The highest BCUT2D eigenvalue weighted by atomic mass is 16.5. The van der Waals surface area contributed by atoms with Crippen LogP contribution >= 0.6 is 0 Å². The lowest BCUT2D eigenvalue weighted by molar-refractivity contribution is 0.131. The van der Waals surface area contributed by atoms with Crippen molar-refractivity contribution in [3.05, 3.63) is 5.69 Å². The van der Waals surface area contributed by atoms with Gasteiger partial charge >= 0.3 is 0 Å². The molecule has 1 heterocycles. The maximum atomic E-state index is 6.02. The molecule has 5 nitrogen and oxygen atoms in total. The first-order valence-electron chi connectivity index (χ1n) is 6.83. The fourth-order valence-electron chi connectivity index (χ4n) is 1.80. The Hall–Kier alpha value is -1.23. The van der Waals surface area contributed by atoms with Crippen LogP contribution in [0, 0.1) is 0 Å². The number of aryl methyl sites for hydroxylation is 2. The lowest BCUT2D eigenvalue weighted by atomic mass is 10.3. The van der Waals surface area contributed by atoms with Crippen molar-refractivity contribution in [2.75, 3.05) is 30.8 Å². The van der Waals surface area contributed by atoms with Gasteiger partial charge in [-0.05, 0) is 19.3 Å². The van der Waals surface area contributed by atoms with Crippen molar-refractivity contribution in [1.82, 2.24) is 9.78 Å². The third-order valence-corrected chi connectivity index (χ3v) is 2.90. The van der Waals surface area contributed by atoms with E-state index in [1.807, 2.05) is 11.7 Å². The van der Waals surface area contributed by atoms with Gasteiger partial charge in [-0.15, -0.1) is 0 Å². The number of unbranched alkanes of at least 4 members (excludes halogenated alkanes) is 1. The lowest BCUT2D eigenvalue weighted by Crippen LogP contribution is -2.10. The van der Waals surface area contributed by atoms with E-state index < -0.39 is 0 Å². The van der Waals surface area contributed by atoms with E-state index in [0.717, 1.165) is 56.2 Å². The molecule has 18 heavy (non-hydrogen) atoms. The number of aromatic nitrogens is 2. The molecule has 1 aromatic heterocycles. The summed E-state index contributed by atoms with van der Waals surface area (Å²) in [6.07, 6.45) is 4.17. The monoisotopic (exact) mass is 254 g/mol. The molecular weight excluding hydrogens is 228 g/mol. The van der Waals surface area contributed by atoms with Crippen LogP contribution in [-0.4, -0.2) is 29.5 Å². The molecule has 0 spiro atoms. The molecule has 0 amide bonds. The SMILES string of the molecule is CCCCOCCCNc1c(N)c(CC)nn1C. The molecule has 1 rings (SSSR count). The van der Waals surface area contributed by atoms with Gasteiger partial charge in [0.25, 0.3) is 0 Å². The van der Waals surface area contributed by atoms with Crippen molar-refractivity contribution in [2.24, 2.45) is 7.05 Å². The summed E-state index contributed by atoms with van der Waals surface area (Å²) in [5, 5.41) is 7.69. The molecule has 3 N–H and O–H groups in total. The molecule has 0 bridgehead atoms. The van der Waals surface area contributed by atoms with Crippen LogP contribution in [0.5, 0.6) is 0 Å². The van der Waals surface area contributed by atoms with Crippen LogP contribution in [0.2, 0.25) is 0 Å². The highest BCUT2D eigenvalue weighted by Crippen LogP contribution is 2.21. The smallest absolute Gasteiger partial charge is 0.147 e. The molecule has 104 valence electrons. The van der Waals surface area contributed by atoms with E-state index >= 15 is 0 Å². The first-order valence-corrected chi connectivity index (χ1v) is 6.83. The molecule has 0 aliphatic heterocycles. The number of ether oxygens (including phenoxy) is 1. The summed E-state index contributed by atoms with van der Waals surface area (Å²) in [4.78, 5) is 0. The molecule has 5 heteroatoms. The summed E-state index contributed by atoms with van der Waals surface area (Å²) >= 11 is 0. The number of nitrogen functional groups attached to an aromatic ring is 1. The van der Waals surface area contributed by atoms with Gasteiger partial charge in [0, 0.05) is 26.8 Å². The lowest BCUT2D eigenvalue weighted by Gasteiger charge is -2.08. The van der Waals surface area contributed by atoms with Crippen LogP contribution in [0.3, 0.4) is 0 Å². The first-order chi connectivity index (χ1) is 8.70. The molecule has 0 aromatic carbocycles. The van der Waals surface area contributed by atoms with Crippen molar-refractivity contribution in [3.8, 4) is 0 Å². The van der Waals surface area contributed by atoms with E-state index in [0.29, 0.717) is 0 Å². The maximum Gasteiger partial charge on any atom is 0.147 e. The van der Waals surface area contributed by atoms with Gasteiger partial charge in [0.15, 0.2) is 0 Å². The first kappa shape index (κ1) is 14.8. The Morgan fingerprint density at radius 3 is 2.61 bits per heavy atom. The largest absolute Gasteiger partial charge is 0.394 e. The van der Waals surface area contributed by atoms with E-state index in [-0.39, 0.29) is 0 Å². The van der Waals surface area contributed by atoms with Crippen LogP contribution in [0.1, 0.15) is 38.8 Å². The Labute approximate surface area is 110 Å². The molecule has 0 unspecified atom stereocenters. The minimum absolute atomic E-state index is 0.770. The van der Waals surface area contributed by atoms with Crippen LogP contribution in [0.15, 0.2) is 0 Å². The van der Waals surface area contributed by atoms with Crippen LogP contribution in [0.25, 0.3) is 0 Å². The van der Waals surface area contributed by atoms with Gasteiger partial charge in [0.1, 0.15) is 5.82 Å². The van der Waals surface area contributed by atoms with Gasteiger partial charge < -0.3 is 15.8 Å². The Morgan fingerprint density at radius 1 is 1.28 bits per heavy atom. The van der Waals surface area contributed by atoms with Crippen molar-refractivity contribution in [1.29, 1.82) is 0 Å². The van der Waals surface area contributed by atoms with Crippen LogP contribution in [-0.2, 0) is 18.2 Å². The number of rotatable bonds is 9. The molecule has 0 aliphatic rings. The fourth-order valence-corrected chi connectivity index (χ4v) is 1.80. The van der Waals surface area contributed by atoms with Gasteiger partial charge in [-0.2, -0.15) is 5.10 Å². The van der Waals surface area contributed by atoms with E-state index in [1.165, 1.54) is 6.42 Å². The topological polar surface area (TPSA) is 65.1 Å². The van der Waals surface area contributed by atoms with Crippen LogP contribution < -0.4 is 11.1 Å². The summed E-state index contributed by atoms with van der Waals surface area (Å²) in [6, 6.07) is 0. The zero-order valence-electron chi connectivity index (χ0n) is 11.8. The van der Waals surface area contributed by atoms with Crippen molar-refractivity contribution in [2.45, 2.75) is 39.5 Å².